The van der Waals surface area contributed by atoms with Crippen molar-refractivity contribution >= 4 is 0 Å². The molecule has 2 atom stereocenters. The predicted octanol–water partition coefficient (Wildman–Crippen LogP) is 0.611. The van der Waals surface area contributed by atoms with Crippen molar-refractivity contribution in [3.63, 3.8) is 0 Å². The van der Waals surface area contributed by atoms with Crippen LogP contribution < -0.4 is 4.74 Å². The lowest BCUT2D eigenvalue weighted by Gasteiger charge is -2.15. The van der Waals surface area contributed by atoms with Gasteiger partial charge in [-0.15, -0.1) is 0 Å². The topological polar surface area (TPSA) is 69.9 Å². The molecule has 0 aliphatic rings. The molecule has 0 saturated carbocycles. The molecule has 0 radical (unpaired) electrons. The molecule has 0 bridgehead atoms. The van der Waals surface area contributed by atoms with Crippen LogP contribution in [0.15, 0.2) is 18.2 Å². The Morgan fingerprint density at radius 1 is 1.38 bits per heavy atom. The number of aliphatic hydroxyl groups excluding tert-OH is 3. The maximum atomic E-state index is 12.9. The molecule has 0 amide bonds. The lowest BCUT2D eigenvalue weighted by Crippen LogP contribution is -2.21. The Morgan fingerprint density at radius 2 is 2.06 bits per heavy atom. The van der Waals surface area contributed by atoms with E-state index in [1.165, 1.54) is 25.1 Å². The minimum atomic E-state index is -0.994. The van der Waals surface area contributed by atoms with E-state index in [4.69, 9.17) is 14.9 Å². The van der Waals surface area contributed by atoms with Gasteiger partial charge in [-0.3, -0.25) is 0 Å². The van der Waals surface area contributed by atoms with Crippen molar-refractivity contribution in [3.05, 3.63) is 29.6 Å². The van der Waals surface area contributed by atoms with Crippen molar-refractivity contribution < 1.29 is 24.4 Å². The zero-order chi connectivity index (χ0) is 12.1. The van der Waals surface area contributed by atoms with Crippen LogP contribution >= 0.6 is 0 Å². The highest BCUT2D eigenvalue weighted by Crippen LogP contribution is 2.25. The zero-order valence-corrected chi connectivity index (χ0v) is 8.93. The summed E-state index contributed by atoms with van der Waals surface area (Å²) in [6, 6.07) is 3.75. The van der Waals surface area contributed by atoms with Crippen LogP contribution in [0.25, 0.3) is 0 Å². The second-order valence-electron chi connectivity index (χ2n) is 3.51. The van der Waals surface area contributed by atoms with Gasteiger partial charge in [-0.2, -0.15) is 0 Å². The summed E-state index contributed by atoms with van der Waals surface area (Å²) in [4.78, 5) is 0. The summed E-state index contributed by atoms with van der Waals surface area (Å²) in [5.41, 5.74) is 0.310. The highest BCUT2D eigenvalue weighted by Gasteiger charge is 2.12. The van der Waals surface area contributed by atoms with Crippen LogP contribution in [0.3, 0.4) is 0 Å². The quantitative estimate of drug-likeness (QED) is 0.693. The van der Waals surface area contributed by atoms with Crippen LogP contribution in [-0.2, 0) is 0 Å². The number of benzene rings is 1. The molecule has 0 aromatic heterocycles. The molecule has 0 saturated heterocycles. The molecule has 0 heterocycles. The van der Waals surface area contributed by atoms with E-state index >= 15 is 0 Å². The molecule has 3 N–H and O–H groups in total. The van der Waals surface area contributed by atoms with E-state index in [1.54, 1.807) is 0 Å². The van der Waals surface area contributed by atoms with Crippen LogP contribution in [0.1, 0.15) is 18.6 Å². The molecule has 0 spiro atoms. The molecule has 5 heteroatoms. The van der Waals surface area contributed by atoms with Gasteiger partial charge in [-0.05, 0) is 25.1 Å². The summed E-state index contributed by atoms with van der Waals surface area (Å²) in [6.45, 7) is 0.969. The molecule has 90 valence electrons. The molecule has 1 aromatic rings. The first-order valence-electron chi connectivity index (χ1n) is 4.93. The third-order valence-electron chi connectivity index (χ3n) is 2.06. The third kappa shape index (κ3) is 3.44. The first kappa shape index (κ1) is 12.9. The van der Waals surface area contributed by atoms with Crippen LogP contribution in [0.4, 0.5) is 4.39 Å². The van der Waals surface area contributed by atoms with E-state index in [2.05, 4.69) is 0 Å². The fourth-order valence-electron chi connectivity index (χ4n) is 1.22. The molecule has 0 aliphatic carbocycles. The van der Waals surface area contributed by atoms with Gasteiger partial charge in [-0.25, -0.2) is 4.39 Å². The van der Waals surface area contributed by atoms with E-state index in [9.17, 15) is 9.50 Å². The normalized spacial score (nSPS) is 14.6. The van der Waals surface area contributed by atoms with Gasteiger partial charge >= 0.3 is 0 Å². The van der Waals surface area contributed by atoms with Gasteiger partial charge in [0.05, 0.1) is 12.7 Å². The van der Waals surface area contributed by atoms with Crippen LogP contribution in [0.2, 0.25) is 0 Å². The SMILES string of the molecule is C[C@@H](O)c1cc(F)ccc1OCC(O)CO. The third-order valence-corrected chi connectivity index (χ3v) is 2.06. The standard InChI is InChI=1S/C11H15FO4/c1-7(14)10-4-8(12)2-3-11(10)16-6-9(15)5-13/h2-4,7,9,13-15H,5-6H2,1H3/t7-,9?/m1/s1. The molecule has 16 heavy (non-hydrogen) atoms. The summed E-state index contributed by atoms with van der Waals surface area (Å²) < 4.78 is 18.1. The van der Waals surface area contributed by atoms with Crippen molar-refractivity contribution in [1.82, 2.24) is 0 Å². The largest absolute Gasteiger partial charge is 0.490 e. The number of rotatable bonds is 5. The molecular formula is C11H15FO4. The van der Waals surface area contributed by atoms with Crippen molar-refractivity contribution in [1.29, 1.82) is 0 Å². The summed E-state index contributed by atoms with van der Waals surface area (Å²) in [7, 11) is 0. The van der Waals surface area contributed by atoms with Crippen LogP contribution in [0, 0.1) is 5.82 Å². The van der Waals surface area contributed by atoms with Crippen molar-refractivity contribution in [2.75, 3.05) is 13.2 Å². The average molecular weight is 230 g/mol. The van der Waals surface area contributed by atoms with E-state index < -0.39 is 24.6 Å². The smallest absolute Gasteiger partial charge is 0.125 e. The molecule has 1 unspecified atom stereocenters. The second-order valence-corrected chi connectivity index (χ2v) is 3.51. The maximum Gasteiger partial charge on any atom is 0.125 e. The highest BCUT2D eigenvalue weighted by molar-refractivity contribution is 5.35. The van der Waals surface area contributed by atoms with Crippen LogP contribution in [-0.4, -0.2) is 34.6 Å². The van der Waals surface area contributed by atoms with Gasteiger partial charge in [0.25, 0.3) is 0 Å². The van der Waals surface area contributed by atoms with E-state index in [1.807, 2.05) is 0 Å². The summed E-state index contributed by atoms with van der Waals surface area (Å²) >= 11 is 0. The minimum absolute atomic E-state index is 0.109. The van der Waals surface area contributed by atoms with Gasteiger partial charge < -0.3 is 20.1 Å². The van der Waals surface area contributed by atoms with E-state index in [0.29, 0.717) is 11.3 Å². The summed E-state index contributed by atoms with van der Waals surface area (Å²) in [5, 5.41) is 27.1. The monoisotopic (exact) mass is 230 g/mol. The summed E-state index contributed by atoms with van der Waals surface area (Å²) in [6.07, 6.45) is -1.86. The number of hydrogen-bond donors (Lipinski definition) is 3. The number of hydrogen-bond acceptors (Lipinski definition) is 4. The number of halogens is 1. The Morgan fingerprint density at radius 3 is 2.62 bits per heavy atom. The van der Waals surface area contributed by atoms with Gasteiger partial charge in [0, 0.05) is 5.56 Å². The first-order chi connectivity index (χ1) is 7.54. The van der Waals surface area contributed by atoms with E-state index in [0.717, 1.165) is 0 Å². The minimum Gasteiger partial charge on any atom is -0.490 e. The lowest BCUT2D eigenvalue weighted by atomic mass is 10.1. The molecule has 1 aromatic carbocycles. The fraction of sp³-hybridized carbons (Fsp3) is 0.455. The second kappa shape index (κ2) is 5.79. The number of ether oxygens (including phenoxy) is 1. The first-order valence-corrected chi connectivity index (χ1v) is 4.93. The Hall–Kier alpha value is -1.17. The molecule has 1 rings (SSSR count). The van der Waals surface area contributed by atoms with Gasteiger partial charge in [-0.1, -0.05) is 0 Å². The van der Waals surface area contributed by atoms with Crippen molar-refractivity contribution in [2.45, 2.75) is 19.1 Å². The fourth-order valence-corrected chi connectivity index (χ4v) is 1.22. The molecule has 4 nitrogen and oxygen atoms in total. The average Bonchev–Trinajstić information content (AvgIpc) is 2.26. The predicted molar refractivity (Wildman–Crippen MR) is 55.6 cm³/mol. The zero-order valence-electron chi connectivity index (χ0n) is 8.93. The molecule has 0 fully saturated rings. The highest BCUT2D eigenvalue weighted by atomic mass is 19.1. The van der Waals surface area contributed by atoms with E-state index in [-0.39, 0.29) is 6.61 Å². The van der Waals surface area contributed by atoms with Crippen molar-refractivity contribution in [2.24, 2.45) is 0 Å². The molecular weight excluding hydrogens is 215 g/mol. The number of aliphatic hydroxyl groups is 3. The lowest BCUT2D eigenvalue weighted by molar-refractivity contribution is 0.0523. The summed E-state index contributed by atoms with van der Waals surface area (Å²) in [5.74, 6) is -0.171. The van der Waals surface area contributed by atoms with Gasteiger partial charge in [0.15, 0.2) is 0 Å². The van der Waals surface area contributed by atoms with Gasteiger partial charge in [0.1, 0.15) is 24.3 Å². The Kier molecular flexibility index (Phi) is 4.67. The Labute approximate surface area is 92.9 Å². The van der Waals surface area contributed by atoms with Crippen molar-refractivity contribution in [3.8, 4) is 5.75 Å². The Bertz CT molecular complexity index is 341. The maximum absolute atomic E-state index is 12.9. The molecule has 0 aliphatic heterocycles. The Balaban J connectivity index is 2.78. The van der Waals surface area contributed by atoms with Crippen LogP contribution in [0.5, 0.6) is 5.75 Å². The van der Waals surface area contributed by atoms with Gasteiger partial charge in [0.2, 0.25) is 0 Å².